The van der Waals surface area contributed by atoms with Crippen LogP contribution in [0.3, 0.4) is 0 Å². The molecule has 2 N–H and O–H groups in total. The van der Waals surface area contributed by atoms with E-state index in [0.717, 1.165) is 5.69 Å². The van der Waals surface area contributed by atoms with Gasteiger partial charge in [0.2, 0.25) is 5.91 Å². The molecule has 0 bridgehead atoms. The maximum atomic E-state index is 12.7. The quantitative estimate of drug-likeness (QED) is 0.670. The smallest absolute Gasteiger partial charge is 0.315 e. The highest BCUT2D eigenvalue weighted by atomic mass is 35.5. The highest BCUT2D eigenvalue weighted by molar-refractivity contribution is 6.43. The molecule has 0 aliphatic rings. The third kappa shape index (κ3) is 6.11. The van der Waals surface area contributed by atoms with Gasteiger partial charge in [0.25, 0.3) is 0 Å². The topological polar surface area (TPSA) is 79.3 Å². The molecule has 0 radical (unpaired) electrons. The number of halogens is 2. The summed E-state index contributed by atoms with van der Waals surface area (Å²) in [5.41, 5.74) is 1.13. The lowest BCUT2D eigenvalue weighted by Crippen LogP contribution is -2.41. The van der Waals surface area contributed by atoms with Gasteiger partial charge in [-0.15, -0.1) is 0 Å². The Morgan fingerprint density at radius 2 is 1.90 bits per heavy atom. The van der Waals surface area contributed by atoms with Gasteiger partial charge in [-0.05, 0) is 18.6 Å². The monoisotopic (exact) mass is 439 g/mol. The van der Waals surface area contributed by atoms with Crippen LogP contribution in [0.5, 0.6) is 0 Å². The molecule has 1 aromatic heterocycles. The maximum absolute atomic E-state index is 12.7. The van der Waals surface area contributed by atoms with Gasteiger partial charge in [0, 0.05) is 25.1 Å². The van der Waals surface area contributed by atoms with Crippen molar-refractivity contribution in [2.24, 2.45) is 7.05 Å². The first-order valence-electron chi connectivity index (χ1n) is 9.37. The minimum Gasteiger partial charge on any atom is -0.315 e. The fourth-order valence-electron chi connectivity index (χ4n) is 2.62. The molecule has 0 atom stereocenters. The number of carbonyl (C=O) groups is 2. The number of benzene rings is 1. The van der Waals surface area contributed by atoms with Crippen LogP contribution in [-0.2, 0) is 17.3 Å². The molecule has 0 fully saturated rings. The third-order valence-electron chi connectivity index (χ3n) is 4.22. The largest absolute Gasteiger partial charge is 0.322 e. The van der Waals surface area contributed by atoms with Crippen molar-refractivity contribution in [1.29, 1.82) is 0 Å². The summed E-state index contributed by atoms with van der Waals surface area (Å²) in [6.45, 7) is 8.39. The van der Waals surface area contributed by atoms with Crippen LogP contribution in [-0.4, -0.2) is 39.7 Å². The van der Waals surface area contributed by atoms with Gasteiger partial charge in [0.1, 0.15) is 12.4 Å². The summed E-state index contributed by atoms with van der Waals surface area (Å²) in [5.74, 6) is 0.268. The van der Waals surface area contributed by atoms with Crippen LogP contribution < -0.4 is 10.6 Å². The van der Waals surface area contributed by atoms with Crippen LogP contribution in [0.4, 0.5) is 16.3 Å². The van der Waals surface area contributed by atoms with E-state index < -0.39 is 6.03 Å². The molecule has 29 heavy (non-hydrogen) atoms. The Kier molecular flexibility index (Phi) is 7.54. The Morgan fingerprint density at radius 3 is 2.48 bits per heavy atom. The number of rotatable bonds is 6. The van der Waals surface area contributed by atoms with Crippen molar-refractivity contribution < 1.29 is 9.59 Å². The highest BCUT2D eigenvalue weighted by Crippen LogP contribution is 2.29. The number of aryl methyl sites for hydroxylation is 1. The van der Waals surface area contributed by atoms with Crippen LogP contribution in [0, 0.1) is 0 Å². The minimum absolute atomic E-state index is 0.103. The van der Waals surface area contributed by atoms with Gasteiger partial charge >= 0.3 is 6.03 Å². The van der Waals surface area contributed by atoms with E-state index in [9.17, 15) is 9.59 Å². The molecule has 158 valence electrons. The molecule has 2 aromatic rings. The van der Waals surface area contributed by atoms with E-state index in [1.54, 1.807) is 29.9 Å². The Bertz CT molecular complexity index is 889. The van der Waals surface area contributed by atoms with Gasteiger partial charge in [0.05, 0.1) is 21.4 Å². The van der Waals surface area contributed by atoms with Crippen LogP contribution in [0.1, 0.15) is 39.8 Å². The van der Waals surface area contributed by atoms with Crippen LogP contribution >= 0.6 is 23.2 Å². The zero-order valence-corrected chi connectivity index (χ0v) is 18.9. The van der Waals surface area contributed by atoms with E-state index >= 15 is 0 Å². The summed E-state index contributed by atoms with van der Waals surface area (Å²) in [5, 5.41) is 10.6. The Morgan fingerprint density at radius 1 is 1.21 bits per heavy atom. The van der Waals surface area contributed by atoms with Gasteiger partial charge in [-0.25, -0.2) is 4.79 Å². The Hall–Kier alpha value is -2.25. The molecule has 3 amide bonds. The first-order chi connectivity index (χ1) is 13.5. The molecular weight excluding hydrogens is 413 g/mol. The number of aromatic nitrogens is 2. The lowest BCUT2D eigenvalue weighted by Gasteiger charge is -2.22. The number of hydrogen-bond donors (Lipinski definition) is 2. The van der Waals surface area contributed by atoms with E-state index in [2.05, 4.69) is 36.5 Å². The molecule has 9 heteroatoms. The average Bonchev–Trinajstić information content (AvgIpc) is 2.99. The third-order valence-corrected chi connectivity index (χ3v) is 5.04. The number of anilines is 2. The standard InChI is InChI=1S/C20H27Cl2N5O2/c1-6-10-27(19(29)23-14-9-7-8-13(21)18(14)22)12-17(28)24-16-11-15(20(2,3)4)25-26(16)5/h7-9,11H,6,10,12H2,1-5H3,(H,23,29)(H,24,28). The van der Waals surface area contributed by atoms with Crippen molar-refractivity contribution >= 4 is 46.6 Å². The minimum atomic E-state index is -0.424. The SMILES string of the molecule is CCCN(CC(=O)Nc1cc(C(C)(C)C)nn1C)C(=O)Nc1cccc(Cl)c1Cl. The predicted molar refractivity (Wildman–Crippen MR) is 118 cm³/mol. The molecule has 7 nitrogen and oxygen atoms in total. The maximum Gasteiger partial charge on any atom is 0.322 e. The Labute approximate surface area is 181 Å². The van der Waals surface area contributed by atoms with Crippen molar-refractivity contribution in [1.82, 2.24) is 14.7 Å². The van der Waals surface area contributed by atoms with Crippen molar-refractivity contribution in [2.45, 2.75) is 39.5 Å². The van der Waals surface area contributed by atoms with Gasteiger partial charge < -0.3 is 15.5 Å². The summed E-state index contributed by atoms with van der Waals surface area (Å²) < 4.78 is 1.62. The molecule has 0 unspecified atom stereocenters. The molecule has 1 heterocycles. The highest BCUT2D eigenvalue weighted by Gasteiger charge is 2.22. The zero-order chi connectivity index (χ0) is 21.8. The summed E-state index contributed by atoms with van der Waals surface area (Å²) in [4.78, 5) is 26.7. The van der Waals surface area contributed by atoms with E-state index in [1.807, 2.05) is 13.0 Å². The average molecular weight is 440 g/mol. The first kappa shape index (κ1) is 23.0. The van der Waals surface area contributed by atoms with E-state index in [1.165, 1.54) is 4.90 Å². The van der Waals surface area contributed by atoms with E-state index in [4.69, 9.17) is 23.2 Å². The van der Waals surface area contributed by atoms with Gasteiger partial charge in [-0.2, -0.15) is 5.10 Å². The molecule has 2 rings (SSSR count). The zero-order valence-electron chi connectivity index (χ0n) is 17.3. The van der Waals surface area contributed by atoms with Crippen LogP contribution in [0.2, 0.25) is 10.0 Å². The number of amides is 3. The molecule has 0 saturated carbocycles. The second-order valence-electron chi connectivity index (χ2n) is 7.79. The molecule has 0 spiro atoms. The number of nitrogens with zero attached hydrogens (tertiary/aromatic N) is 3. The van der Waals surface area contributed by atoms with Crippen molar-refractivity contribution in [3.8, 4) is 0 Å². The van der Waals surface area contributed by atoms with Gasteiger partial charge in [-0.3, -0.25) is 9.48 Å². The van der Waals surface area contributed by atoms with Crippen LogP contribution in [0.15, 0.2) is 24.3 Å². The predicted octanol–water partition coefficient (Wildman–Crippen LogP) is 4.91. The molecule has 0 aliphatic heterocycles. The second-order valence-corrected chi connectivity index (χ2v) is 8.57. The molecule has 0 saturated heterocycles. The van der Waals surface area contributed by atoms with Crippen LogP contribution in [0.25, 0.3) is 0 Å². The van der Waals surface area contributed by atoms with Crippen molar-refractivity contribution in [3.05, 3.63) is 40.0 Å². The fourth-order valence-corrected chi connectivity index (χ4v) is 2.97. The summed E-state index contributed by atoms with van der Waals surface area (Å²) in [7, 11) is 1.77. The number of carbonyl (C=O) groups excluding carboxylic acids is 2. The summed E-state index contributed by atoms with van der Waals surface area (Å²) in [6.07, 6.45) is 0.698. The summed E-state index contributed by atoms with van der Waals surface area (Å²) >= 11 is 12.1. The Balaban J connectivity index is 2.07. The lowest BCUT2D eigenvalue weighted by atomic mass is 9.92. The van der Waals surface area contributed by atoms with Gasteiger partial charge in [0.15, 0.2) is 0 Å². The second kappa shape index (κ2) is 9.50. The fraction of sp³-hybridized carbons (Fsp3) is 0.450. The van der Waals surface area contributed by atoms with E-state index in [0.29, 0.717) is 29.5 Å². The molecule has 1 aromatic carbocycles. The first-order valence-corrected chi connectivity index (χ1v) is 10.1. The van der Waals surface area contributed by atoms with Gasteiger partial charge in [-0.1, -0.05) is 57.0 Å². The van der Waals surface area contributed by atoms with Crippen molar-refractivity contribution in [3.63, 3.8) is 0 Å². The number of urea groups is 1. The molecule has 0 aliphatic carbocycles. The van der Waals surface area contributed by atoms with E-state index in [-0.39, 0.29) is 22.9 Å². The lowest BCUT2D eigenvalue weighted by molar-refractivity contribution is -0.116. The summed E-state index contributed by atoms with van der Waals surface area (Å²) in [6, 6.07) is 6.40. The normalized spacial score (nSPS) is 11.3. The molecular formula is C20H27Cl2N5O2. The number of hydrogen-bond acceptors (Lipinski definition) is 3. The van der Waals surface area contributed by atoms with Crippen molar-refractivity contribution in [2.75, 3.05) is 23.7 Å². The number of nitrogens with one attached hydrogen (secondary N) is 2.